The fourth-order valence-electron chi connectivity index (χ4n) is 9.22. The van der Waals surface area contributed by atoms with Gasteiger partial charge in [-0.1, -0.05) is 176 Å². The van der Waals surface area contributed by atoms with Gasteiger partial charge in [0.15, 0.2) is 0 Å². The lowest BCUT2D eigenvalue weighted by atomic mass is 9.91. The van der Waals surface area contributed by atoms with Crippen molar-refractivity contribution in [2.45, 2.75) is 19.6 Å². The summed E-state index contributed by atoms with van der Waals surface area (Å²) >= 11 is 0. The van der Waals surface area contributed by atoms with Crippen molar-refractivity contribution in [3.63, 3.8) is 0 Å². The van der Waals surface area contributed by atoms with E-state index in [1.54, 1.807) is 0 Å². The second-order valence-corrected chi connectivity index (χ2v) is 17.9. The van der Waals surface area contributed by atoms with Crippen molar-refractivity contribution >= 4 is 48.6 Å². The van der Waals surface area contributed by atoms with Crippen LogP contribution in [0.4, 0.5) is 17.1 Å². The molecule has 0 atom stereocenters. The number of nitrogens with zero attached hydrogens (tertiary/aromatic N) is 1. The maximum atomic E-state index is 2.48. The number of hydrogen-bond acceptors (Lipinski definition) is 1. The van der Waals surface area contributed by atoms with E-state index in [9.17, 15) is 0 Å². The van der Waals surface area contributed by atoms with Crippen LogP contribution in [0.15, 0.2) is 256 Å². The van der Waals surface area contributed by atoms with Crippen LogP contribution in [0.5, 0.6) is 0 Å². The first-order valence-corrected chi connectivity index (χ1v) is 21.6. The van der Waals surface area contributed by atoms with E-state index in [1.807, 2.05) is 0 Å². The van der Waals surface area contributed by atoms with Crippen LogP contribution in [0.25, 0.3) is 54.9 Å². The molecule has 1 nitrogen and oxygen atoms in total. The molecule has 0 aliphatic carbocycles. The number of hydrogen-bond donors (Lipinski definition) is 0. The zero-order valence-electron chi connectivity index (χ0n) is 31.9. The van der Waals surface area contributed by atoms with Gasteiger partial charge in [0.25, 0.3) is 0 Å². The number of rotatable bonds is 7. The third-order valence-corrected chi connectivity index (χ3v) is 15.7. The second kappa shape index (κ2) is 14.1. The van der Waals surface area contributed by atoms with Crippen LogP contribution in [-0.2, 0) is 0 Å². The summed E-state index contributed by atoms with van der Waals surface area (Å²) in [6.07, 6.45) is 0. The summed E-state index contributed by atoms with van der Waals surface area (Å²) in [6, 6.07) is 87.2. The van der Waals surface area contributed by atoms with E-state index in [4.69, 9.17) is 0 Å². The summed E-state index contributed by atoms with van der Waals surface area (Å²) in [6.45, 7) is 0. The zero-order chi connectivity index (χ0) is 38.5. The van der Waals surface area contributed by atoms with Gasteiger partial charge in [-0.15, -0.1) is 10.0 Å². The molecule has 2 heteroatoms. The molecule has 0 unspecified atom stereocenters. The lowest BCUT2D eigenvalue weighted by Gasteiger charge is -2.40. The minimum absolute atomic E-state index is 1.11. The van der Waals surface area contributed by atoms with Gasteiger partial charge in [0.2, 0.25) is 0 Å². The Kier molecular flexibility index (Phi) is 8.31. The molecule has 0 radical (unpaired) electrons. The van der Waals surface area contributed by atoms with Crippen LogP contribution in [-0.4, -0.2) is 0 Å². The third-order valence-electron chi connectivity index (χ3n) is 11.7. The molecule has 0 spiro atoms. The highest BCUT2D eigenvalue weighted by molar-refractivity contribution is 8.34. The van der Waals surface area contributed by atoms with E-state index in [0.29, 0.717) is 0 Å². The average Bonchev–Trinajstić information content (AvgIpc) is 3.61. The molecule has 11 rings (SSSR count). The highest BCUT2D eigenvalue weighted by atomic mass is 32.3. The van der Waals surface area contributed by atoms with Crippen molar-refractivity contribution in [1.82, 2.24) is 0 Å². The molecule has 10 aromatic rings. The first kappa shape index (κ1) is 34.1. The van der Waals surface area contributed by atoms with Crippen molar-refractivity contribution in [3.8, 4) is 33.4 Å². The smallest absolute Gasteiger partial charge is 0.0547 e. The molecule has 274 valence electrons. The van der Waals surface area contributed by atoms with Crippen molar-refractivity contribution in [1.29, 1.82) is 0 Å². The molecule has 1 aliphatic rings. The molecule has 0 amide bonds. The van der Waals surface area contributed by atoms with Crippen LogP contribution in [0.2, 0.25) is 0 Å². The Morgan fingerprint density at radius 1 is 0.328 bits per heavy atom. The summed E-state index contributed by atoms with van der Waals surface area (Å²) in [5.41, 5.74) is 10.9. The largest absolute Gasteiger partial charge is 0.310 e. The maximum absolute atomic E-state index is 2.48. The molecule has 0 saturated heterocycles. The Labute approximate surface area is 341 Å². The normalized spacial score (nSPS) is 13.2. The Bertz CT molecular complexity index is 3040. The van der Waals surface area contributed by atoms with Gasteiger partial charge in [0.1, 0.15) is 0 Å². The van der Waals surface area contributed by atoms with E-state index in [1.165, 1.54) is 74.5 Å². The average molecular weight is 758 g/mol. The monoisotopic (exact) mass is 757 g/mol. The SMILES string of the molecule is c1ccc(-c2cccc3cccc(-c4ccc(N(c5ccccc5)c5cc6c(c7ccccc57)S(c5ccccc5)(c5ccccc5)c5ccccc5-6)cc4)c23)cc1. The van der Waals surface area contributed by atoms with Crippen LogP contribution >= 0.6 is 10.0 Å². The Balaban J connectivity index is 1.14. The Morgan fingerprint density at radius 3 is 1.45 bits per heavy atom. The molecule has 0 fully saturated rings. The molecule has 0 aromatic heterocycles. The number of anilines is 3. The van der Waals surface area contributed by atoms with E-state index >= 15 is 0 Å². The number of para-hydroxylation sites is 1. The first-order chi connectivity index (χ1) is 28.8. The lowest BCUT2D eigenvalue weighted by Crippen LogP contribution is -2.11. The minimum Gasteiger partial charge on any atom is -0.310 e. The van der Waals surface area contributed by atoms with Crippen LogP contribution < -0.4 is 4.90 Å². The summed E-state index contributed by atoms with van der Waals surface area (Å²) in [7, 11) is -1.83. The topological polar surface area (TPSA) is 3.24 Å². The third kappa shape index (κ3) is 5.34. The quantitative estimate of drug-likeness (QED) is 0.156. The number of benzene rings is 10. The van der Waals surface area contributed by atoms with Crippen molar-refractivity contribution in [3.05, 3.63) is 237 Å². The fourth-order valence-corrected chi connectivity index (χ4v) is 13.6. The predicted octanol–water partition coefficient (Wildman–Crippen LogP) is 16.1. The second-order valence-electron chi connectivity index (χ2n) is 14.8. The first-order valence-electron chi connectivity index (χ1n) is 19.9. The Morgan fingerprint density at radius 2 is 0.810 bits per heavy atom. The van der Waals surface area contributed by atoms with Crippen LogP contribution in [0.1, 0.15) is 0 Å². The van der Waals surface area contributed by atoms with Crippen molar-refractivity contribution in [2.75, 3.05) is 4.90 Å². The lowest BCUT2D eigenvalue weighted by molar-refractivity contribution is 1.28. The fraction of sp³-hybridized carbons (Fsp3) is 0. The van der Waals surface area contributed by atoms with Gasteiger partial charge in [-0.05, 0) is 110 Å². The van der Waals surface area contributed by atoms with Gasteiger partial charge >= 0.3 is 0 Å². The van der Waals surface area contributed by atoms with Gasteiger partial charge < -0.3 is 4.90 Å². The molecule has 1 aliphatic heterocycles. The van der Waals surface area contributed by atoms with Gasteiger partial charge in [0.05, 0.1) is 5.69 Å². The molecule has 1 heterocycles. The van der Waals surface area contributed by atoms with Gasteiger partial charge in [0, 0.05) is 36.3 Å². The summed E-state index contributed by atoms with van der Waals surface area (Å²) < 4.78 is 0. The highest BCUT2D eigenvalue weighted by Gasteiger charge is 2.43. The van der Waals surface area contributed by atoms with Gasteiger partial charge in [-0.3, -0.25) is 0 Å². The van der Waals surface area contributed by atoms with E-state index < -0.39 is 10.0 Å². The zero-order valence-corrected chi connectivity index (χ0v) is 32.7. The molecule has 0 saturated carbocycles. The highest BCUT2D eigenvalue weighted by Crippen LogP contribution is 2.81. The summed E-state index contributed by atoms with van der Waals surface area (Å²) in [4.78, 5) is 7.96. The predicted molar refractivity (Wildman–Crippen MR) is 246 cm³/mol. The molecule has 58 heavy (non-hydrogen) atoms. The summed E-state index contributed by atoms with van der Waals surface area (Å²) in [5.74, 6) is 0. The standard InChI is InChI=1S/C56H39NS/c1-5-19-40(20-6-1)47-32-17-21-42-22-18-33-48(55(42)47)41-35-37-44(38-36-41)57(43-23-7-2-8-24-43)53-39-52-50-30-15-16-34-54(50)58(45-25-9-3-10-26-45,46-27-11-4-12-28-46)56(52)51-31-14-13-29-49(51)53/h1-39H. The van der Waals surface area contributed by atoms with E-state index in [0.717, 1.165) is 17.1 Å². The van der Waals surface area contributed by atoms with Gasteiger partial charge in [-0.25, -0.2) is 0 Å². The van der Waals surface area contributed by atoms with Crippen molar-refractivity contribution < 1.29 is 0 Å². The van der Waals surface area contributed by atoms with Crippen molar-refractivity contribution in [2.24, 2.45) is 0 Å². The van der Waals surface area contributed by atoms with E-state index in [-0.39, 0.29) is 0 Å². The molecular weight excluding hydrogens is 719 g/mol. The van der Waals surface area contributed by atoms with Crippen LogP contribution in [0.3, 0.4) is 0 Å². The molecule has 0 bridgehead atoms. The Hall–Kier alpha value is -7.13. The molecule has 0 N–H and O–H groups in total. The molecular formula is C56H39NS. The number of fused-ring (bicyclic) bond motifs is 6. The summed E-state index contributed by atoms with van der Waals surface area (Å²) in [5, 5.41) is 5.03. The maximum Gasteiger partial charge on any atom is 0.0547 e. The van der Waals surface area contributed by atoms with Crippen LogP contribution in [0, 0.1) is 0 Å². The van der Waals surface area contributed by atoms with Gasteiger partial charge in [-0.2, -0.15) is 0 Å². The molecule has 10 aromatic carbocycles. The minimum atomic E-state index is -1.83. The van der Waals surface area contributed by atoms with E-state index in [2.05, 4.69) is 241 Å².